The van der Waals surface area contributed by atoms with Crippen LogP contribution in [0.3, 0.4) is 0 Å². The molecule has 0 nitrogen and oxygen atoms in total. The van der Waals surface area contributed by atoms with Crippen molar-refractivity contribution in [1.82, 2.24) is 0 Å². The second-order valence-electron chi connectivity index (χ2n) is 3.29. The molecule has 1 aromatic rings. The summed E-state index contributed by atoms with van der Waals surface area (Å²) in [6.45, 7) is 4.26. The molecular formula is C12H15F. The lowest BCUT2D eigenvalue weighted by molar-refractivity contribution is 0.627. The van der Waals surface area contributed by atoms with E-state index in [1.165, 1.54) is 17.7 Å². The van der Waals surface area contributed by atoms with Crippen LogP contribution in [0.4, 0.5) is 4.39 Å². The lowest BCUT2D eigenvalue weighted by Gasteiger charge is -1.98. The first kappa shape index (κ1) is 9.97. The zero-order valence-corrected chi connectivity index (χ0v) is 8.18. The van der Waals surface area contributed by atoms with Gasteiger partial charge in [-0.05, 0) is 31.0 Å². The van der Waals surface area contributed by atoms with E-state index in [2.05, 4.69) is 19.9 Å². The van der Waals surface area contributed by atoms with Gasteiger partial charge in [0.15, 0.2) is 0 Å². The molecule has 0 saturated carbocycles. The fourth-order valence-electron chi connectivity index (χ4n) is 1.31. The van der Waals surface area contributed by atoms with E-state index in [9.17, 15) is 4.39 Å². The molecule has 0 saturated heterocycles. The molecule has 0 spiro atoms. The molecule has 0 aliphatic heterocycles. The van der Waals surface area contributed by atoms with E-state index < -0.39 is 0 Å². The molecule has 0 radical (unpaired) electrons. The Labute approximate surface area is 79.1 Å². The maximum atomic E-state index is 12.6. The van der Waals surface area contributed by atoms with Crippen molar-refractivity contribution in [2.24, 2.45) is 0 Å². The van der Waals surface area contributed by atoms with Crippen molar-refractivity contribution < 1.29 is 4.39 Å². The third kappa shape index (κ3) is 3.41. The third-order valence-corrected chi connectivity index (χ3v) is 1.93. The van der Waals surface area contributed by atoms with E-state index in [1.54, 1.807) is 12.1 Å². The molecule has 0 bridgehead atoms. The minimum atomic E-state index is -0.176. The highest BCUT2D eigenvalue weighted by molar-refractivity contribution is 5.51. The lowest BCUT2D eigenvalue weighted by atomic mass is 10.1. The van der Waals surface area contributed by atoms with E-state index in [-0.39, 0.29) is 5.82 Å². The average Bonchev–Trinajstić information content (AvgIpc) is 2.09. The van der Waals surface area contributed by atoms with Gasteiger partial charge >= 0.3 is 0 Å². The Hall–Kier alpha value is -1.11. The van der Waals surface area contributed by atoms with Gasteiger partial charge in [0.1, 0.15) is 5.82 Å². The lowest BCUT2D eigenvalue weighted by Crippen LogP contribution is -1.78. The second kappa shape index (κ2) is 4.80. The van der Waals surface area contributed by atoms with Gasteiger partial charge in [-0.3, -0.25) is 0 Å². The number of hydrogen-bond acceptors (Lipinski definition) is 0. The SMILES string of the molecule is CCC/C(C)=C/c1ccc(F)cc1. The fourth-order valence-corrected chi connectivity index (χ4v) is 1.31. The standard InChI is InChI=1S/C12H15F/c1-3-4-10(2)9-11-5-7-12(13)8-6-11/h5-9H,3-4H2,1-2H3/b10-9+. The molecule has 0 amide bonds. The van der Waals surface area contributed by atoms with E-state index in [1.807, 2.05) is 0 Å². The number of benzene rings is 1. The summed E-state index contributed by atoms with van der Waals surface area (Å²) in [5.74, 6) is -0.176. The minimum Gasteiger partial charge on any atom is -0.207 e. The smallest absolute Gasteiger partial charge is 0.123 e. The number of allylic oxidation sites excluding steroid dienone is 1. The van der Waals surface area contributed by atoms with Crippen molar-refractivity contribution in [2.75, 3.05) is 0 Å². The van der Waals surface area contributed by atoms with Gasteiger partial charge in [0.05, 0.1) is 0 Å². The van der Waals surface area contributed by atoms with Crippen LogP contribution in [0.15, 0.2) is 29.8 Å². The molecule has 0 N–H and O–H groups in total. The van der Waals surface area contributed by atoms with Gasteiger partial charge in [-0.2, -0.15) is 0 Å². The Morgan fingerprint density at radius 2 is 1.92 bits per heavy atom. The van der Waals surface area contributed by atoms with E-state index >= 15 is 0 Å². The Morgan fingerprint density at radius 3 is 2.46 bits per heavy atom. The Kier molecular flexibility index (Phi) is 3.69. The first-order valence-corrected chi connectivity index (χ1v) is 4.65. The zero-order chi connectivity index (χ0) is 9.68. The van der Waals surface area contributed by atoms with Crippen molar-refractivity contribution in [1.29, 1.82) is 0 Å². The van der Waals surface area contributed by atoms with Crippen LogP contribution in [-0.4, -0.2) is 0 Å². The van der Waals surface area contributed by atoms with Crippen LogP contribution < -0.4 is 0 Å². The molecular weight excluding hydrogens is 163 g/mol. The summed E-state index contributed by atoms with van der Waals surface area (Å²) in [5.41, 5.74) is 2.42. The van der Waals surface area contributed by atoms with Crippen molar-refractivity contribution in [2.45, 2.75) is 26.7 Å². The molecule has 0 atom stereocenters. The van der Waals surface area contributed by atoms with Gasteiger partial charge in [-0.15, -0.1) is 0 Å². The molecule has 70 valence electrons. The van der Waals surface area contributed by atoms with Crippen molar-refractivity contribution in [3.8, 4) is 0 Å². The normalized spacial score (nSPS) is 11.8. The molecule has 1 rings (SSSR count). The predicted octanol–water partition coefficient (Wildman–Crippen LogP) is 4.03. The Morgan fingerprint density at radius 1 is 1.31 bits per heavy atom. The van der Waals surface area contributed by atoms with Crippen LogP contribution in [0, 0.1) is 5.82 Å². The maximum Gasteiger partial charge on any atom is 0.123 e. The van der Waals surface area contributed by atoms with Crippen LogP contribution in [0.1, 0.15) is 32.3 Å². The highest BCUT2D eigenvalue weighted by atomic mass is 19.1. The minimum absolute atomic E-state index is 0.176. The van der Waals surface area contributed by atoms with Crippen molar-refractivity contribution >= 4 is 6.08 Å². The number of hydrogen-bond donors (Lipinski definition) is 0. The van der Waals surface area contributed by atoms with Crippen molar-refractivity contribution in [3.63, 3.8) is 0 Å². The van der Waals surface area contributed by atoms with Crippen LogP contribution in [-0.2, 0) is 0 Å². The predicted molar refractivity (Wildman–Crippen MR) is 55.0 cm³/mol. The summed E-state index contributed by atoms with van der Waals surface area (Å²) in [7, 11) is 0. The van der Waals surface area contributed by atoms with Crippen LogP contribution in [0.2, 0.25) is 0 Å². The topological polar surface area (TPSA) is 0 Å². The first-order chi connectivity index (χ1) is 6.22. The van der Waals surface area contributed by atoms with Gasteiger partial charge in [0, 0.05) is 0 Å². The Bertz CT molecular complexity index is 282. The molecule has 0 aromatic heterocycles. The third-order valence-electron chi connectivity index (χ3n) is 1.93. The molecule has 0 aliphatic carbocycles. The summed E-state index contributed by atoms with van der Waals surface area (Å²) in [4.78, 5) is 0. The fraction of sp³-hybridized carbons (Fsp3) is 0.333. The van der Waals surface area contributed by atoms with Gasteiger partial charge in [-0.25, -0.2) is 4.39 Å². The molecule has 0 heterocycles. The zero-order valence-electron chi connectivity index (χ0n) is 8.18. The van der Waals surface area contributed by atoms with E-state index in [0.29, 0.717) is 0 Å². The summed E-state index contributed by atoms with van der Waals surface area (Å²) in [5, 5.41) is 0. The monoisotopic (exact) mass is 178 g/mol. The summed E-state index contributed by atoms with van der Waals surface area (Å²) < 4.78 is 12.6. The van der Waals surface area contributed by atoms with Gasteiger partial charge < -0.3 is 0 Å². The van der Waals surface area contributed by atoms with Crippen LogP contribution >= 0.6 is 0 Å². The average molecular weight is 178 g/mol. The van der Waals surface area contributed by atoms with Gasteiger partial charge in [-0.1, -0.05) is 37.1 Å². The summed E-state index contributed by atoms with van der Waals surface area (Å²) >= 11 is 0. The quantitative estimate of drug-likeness (QED) is 0.655. The van der Waals surface area contributed by atoms with E-state index in [4.69, 9.17) is 0 Å². The summed E-state index contributed by atoms with van der Waals surface area (Å²) in [6, 6.07) is 6.58. The molecule has 0 aliphatic rings. The summed E-state index contributed by atoms with van der Waals surface area (Å²) in [6.07, 6.45) is 4.36. The number of halogens is 1. The maximum absolute atomic E-state index is 12.6. The molecule has 0 fully saturated rings. The molecule has 1 heteroatoms. The van der Waals surface area contributed by atoms with Gasteiger partial charge in [0.25, 0.3) is 0 Å². The van der Waals surface area contributed by atoms with E-state index in [0.717, 1.165) is 18.4 Å². The van der Waals surface area contributed by atoms with Gasteiger partial charge in [0.2, 0.25) is 0 Å². The Balaban J connectivity index is 2.73. The van der Waals surface area contributed by atoms with Crippen LogP contribution in [0.5, 0.6) is 0 Å². The highest BCUT2D eigenvalue weighted by Crippen LogP contribution is 2.11. The van der Waals surface area contributed by atoms with Crippen LogP contribution in [0.25, 0.3) is 6.08 Å². The van der Waals surface area contributed by atoms with Crippen molar-refractivity contribution in [3.05, 3.63) is 41.2 Å². The largest absolute Gasteiger partial charge is 0.207 e. The first-order valence-electron chi connectivity index (χ1n) is 4.65. The molecule has 1 aromatic carbocycles. The molecule has 0 unspecified atom stereocenters. The number of rotatable bonds is 3. The molecule has 13 heavy (non-hydrogen) atoms. The second-order valence-corrected chi connectivity index (χ2v) is 3.29. The highest BCUT2D eigenvalue weighted by Gasteiger charge is 1.91.